The molecule has 0 spiro atoms. The first-order valence-corrected chi connectivity index (χ1v) is 10.1. The van der Waals surface area contributed by atoms with E-state index in [9.17, 15) is 22.0 Å². The van der Waals surface area contributed by atoms with Crippen LogP contribution >= 0.6 is 0 Å². The Kier molecular flexibility index (Phi) is 7.70. The van der Waals surface area contributed by atoms with Crippen molar-refractivity contribution >= 4 is 11.5 Å². The van der Waals surface area contributed by atoms with Gasteiger partial charge in [0.15, 0.2) is 0 Å². The fourth-order valence-corrected chi connectivity index (χ4v) is 3.70. The molecule has 0 aliphatic heterocycles. The number of halogens is 5. The zero-order valence-electron chi connectivity index (χ0n) is 16.8. The molecule has 1 saturated carbocycles. The van der Waals surface area contributed by atoms with Gasteiger partial charge in [0.1, 0.15) is 11.5 Å². The first-order valence-electron chi connectivity index (χ1n) is 10.1. The smallest absolute Gasteiger partial charge is 0.379 e. The highest BCUT2D eigenvalue weighted by Crippen LogP contribution is 2.35. The Balaban J connectivity index is 1.64. The summed E-state index contributed by atoms with van der Waals surface area (Å²) in [7, 11) is 0. The van der Waals surface area contributed by atoms with Crippen LogP contribution in [0, 0.1) is 0 Å². The molecule has 0 atom stereocenters. The molecule has 1 aromatic heterocycles. The highest BCUT2D eigenvalue weighted by molar-refractivity contribution is 5.47. The number of aromatic nitrogens is 2. The summed E-state index contributed by atoms with van der Waals surface area (Å²) in [6.07, 6.45) is -1.63. The third kappa shape index (κ3) is 7.11. The van der Waals surface area contributed by atoms with Crippen LogP contribution in [-0.2, 0) is 6.18 Å². The van der Waals surface area contributed by atoms with Crippen LogP contribution in [0.4, 0.5) is 33.5 Å². The van der Waals surface area contributed by atoms with Gasteiger partial charge in [-0.2, -0.15) is 13.2 Å². The highest BCUT2D eigenvalue weighted by atomic mass is 19.4. The van der Waals surface area contributed by atoms with Crippen LogP contribution in [0.3, 0.4) is 0 Å². The van der Waals surface area contributed by atoms with Crippen LogP contribution < -0.4 is 10.6 Å². The predicted molar refractivity (Wildman–Crippen MR) is 111 cm³/mol. The van der Waals surface area contributed by atoms with E-state index in [0.29, 0.717) is 5.69 Å². The molecule has 0 bridgehead atoms. The number of rotatable bonds is 6. The van der Waals surface area contributed by atoms with Crippen molar-refractivity contribution in [2.75, 3.05) is 17.2 Å². The Morgan fingerprint density at radius 3 is 2.52 bits per heavy atom. The second-order valence-corrected chi connectivity index (χ2v) is 7.52. The highest BCUT2D eigenvalue weighted by Gasteiger charge is 2.32. The number of alkyl halides is 5. The molecule has 168 valence electrons. The molecule has 1 heterocycles. The first kappa shape index (κ1) is 22.8. The van der Waals surface area contributed by atoms with E-state index in [1.807, 2.05) is 18.2 Å². The van der Waals surface area contributed by atoms with Gasteiger partial charge in [0, 0.05) is 17.9 Å². The summed E-state index contributed by atoms with van der Waals surface area (Å²) >= 11 is 0. The third-order valence-electron chi connectivity index (χ3n) is 5.23. The fraction of sp³-hybridized carbons (Fsp3) is 0.409. The standard InChI is InChI=1S/C22H25F5N4/c23-20(24)14-29-18-5-3-4-16(12-18)15-7-9-17(10-8-15)30-21-6-1-2-11-28-13-19(31-21)22(25,26)27/h1-6,11-13,15,17,20,29-31H,7-10,14H2. The van der Waals surface area contributed by atoms with E-state index in [0.717, 1.165) is 37.4 Å². The number of hydrogen-bond donors (Lipinski definition) is 3. The lowest BCUT2D eigenvalue weighted by molar-refractivity contribution is -0.141. The van der Waals surface area contributed by atoms with Crippen molar-refractivity contribution in [2.45, 2.75) is 50.2 Å². The topological polar surface area (TPSA) is 52.7 Å². The Morgan fingerprint density at radius 1 is 1.03 bits per heavy atom. The molecule has 9 heteroatoms. The van der Waals surface area contributed by atoms with Crippen molar-refractivity contribution in [3.8, 4) is 0 Å². The first-order chi connectivity index (χ1) is 14.8. The number of anilines is 2. The number of nitrogens with zero attached hydrogens (tertiary/aromatic N) is 1. The van der Waals surface area contributed by atoms with Crippen LogP contribution in [0.5, 0.6) is 0 Å². The summed E-state index contributed by atoms with van der Waals surface area (Å²) in [5.74, 6) is 0.555. The SMILES string of the molecule is FC(F)CNc1cccc(C2CCC(Nc3ccccncc(C(F)(F)F)[nH]3)CC2)c1. The summed E-state index contributed by atoms with van der Waals surface area (Å²) < 4.78 is 64.4. The molecule has 3 rings (SSSR count). The van der Waals surface area contributed by atoms with Gasteiger partial charge in [-0.3, -0.25) is 4.98 Å². The molecule has 1 fully saturated rings. The lowest BCUT2D eigenvalue weighted by Crippen LogP contribution is -2.26. The van der Waals surface area contributed by atoms with Gasteiger partial charge in [-0.1, -0.05) is 18.2 Å². The van der Waals surface area contributed by atoms with E-state index in [-0.39, 0.29) is 17.8 Å². The monoisotopic (exact) mass is 440 g/mol. The van der Waals surface area contributed by atoms with Crippen LogP contribution in [0.15, 0.2) is 54.9 Å². The number of benzene rings is 1. The molecular weight excluding hydrogens is 415 g/mol. The minimum Gasteiger partial charge on any atom is -0.379 e. The lowest BCUT2D eigenvalue weighted by Gasteiger charge is -2.30. The Labute approximate surface area is 177 Å². The van der Waals surface area contributed by atoms with Gasteiger partial charge in [0.25, 0.3) is 6.43 Å². The van der Waals surface area contributed by atoms with E-state index in [4.69, 9.17) is 0 Å². The van der Waals surface area contributed by atoms with Crippen LogP contribution in [0.25, 0.3) is 0 Å². The maximum atomic E-state index is 13.2. The molecule has 0 unspecified atom stereocenters. The van der Waals surface area contributed by atoms with Crippen LogP contribution in [0.1, 0.15) is 42.9 Å². The summed E-state index contributed by atoms with van der Waals surface area (Å²) in [5, 5.41) is 5.91. The summed E-state index contributed by atoms with van der Waals surface area (Å²) in [5.41, 5.74) is 0.811. The van der Waals surface area contributed by atoms with E-state index in [2.05, 4.69) is 20.6 Å². The second kappa shape index (κ2) is 10.5. The molecule has 31 heavy (non-hydrogen) atoms. The van der Waals surface area contributed by atoms with E-state index >= 15 is 0 Å². The average molecular weight is 440 g/mol. The summed E-state index contributed by atoms with van der Waals surface area (Å²) in [6.45, 7) is -0.393. The molecule has 0 radical (unpaired) electrons. The minimum atomic E-state index is -4.54. The number of H-pyrrole nitrogens is 1. The second-order valence-electron chi connectivity index (χ2n) is 7.52. The third-order valence-corrected chi connectivity index (χ3v) is 5.23. The fourth-order valence-electron chi connectivity index (χ4n) is 3.70. The predicted octanol–water partition coefficient (Wildman–Crippen LogP) is 6.37. The maximum absolute atomic E-state index is 13.2. The molecule has 1 aliphatic rings. The number of nitrogens with one attached hydrogen (secondary N) is 3. The molecule has 3 N–H and O–H groups in total. The van der Waals surface area contributed by atoms with Crippen LogP contribution in [0.2, 0.25) is 0 Å². The Hall–Kier alpha value is -2.84. The largest absolute Gasteiger partial charge is 0.432 e. The quantitative estimate of drug-likeness (QED) is 0.458. The van der Waals surface area contributed by atoms with Crippen LogP contribution in [-0.4, -0.2) is 29.0 Å². The number of hydrogen-bond acceptors (Lipinski definition) is 3. The van der Waals surface area contributed by atoms with Gasteiger partial charge in [0.2, 0.25) is 0 Å². The minimum absolute atomic E-state index is 0.0275. The lowest BCUT2D eigenvalue weighted by atomic mass is 9.81. The van der Waals surface area contributed by atoms with Crippen molar-refractivity contribution < 1.29 is 22.0 Å². The molecule has 1 aromatic carbocycles. The summed E-state index contributed by atoms with van der Waals surface area (Å²) in [6, 6.07) is 12.3. The molecule has 2 aromatic rings. The normalized spacial score (nSPS) is 19.0. The van der Waals surface area contributed by atoms with E-state index < -0.39 is 24.8 Å². The van der Waals surface area contributed by atoms with Crippen molar-refractivity contribution in [2.24, 2.45) is 0 Å². The van der Waals surface area contributed by atoms with Gasteiger partial charge in [0.05, 0.1) is 12.7 Å². The molecule has 1 aliphatic carbocycles. The van der Waals surface area contributed by atoms with Crippen molar-refractivity contribution in [3.63, 3.8) is 0 Å². The van der Waals surface area contributed by atoms with E-state index in [1.165, 1.54) is 6.20 Å². The average Bonchev–Trinajstić information content (AvgIpc) is 2.85. The zero-order chi connectivity index (χ0) is 22.3. The molecule has 0 amide bonds. The van der Waals surface area contributed by atoms with Gasteiger partial charge >= 0.3 is 6.18 Å². The Morgan fingerprint density at radius 2 is 1.81 bits per heavy atom. The van der Waals surface area contributed by atoms with Gasteiger partial charge in [-0.25, -0.2) is 8.78 Å². The van der Waals surface area contributed by atoms with Gasteiger partial charge in [-0.15, -0.1) is 0 Å². The number of aromatic amines is 1. The van der Waals surface area contributed by atoms with Gasteiger partial charge < -0.3 is 15.6 Å². The molecule has 4 nitrogen and oxygen atoms in total. The van der Waals surface area contributed by atoms with E-state index in [1.54, 1.807) is 24.3 Å². The molecular formula is C22H25F5N4. The van der Waals surface area contributed by atoms with Crippen molar-refractivity contribution in [1.82, 2.24) is 9.97 Å². The van der Waals surface area contributed by atoms with Crippen molar-refractivity contribution in [1.29, 1.82) is 0 Å². The van der Waals surface area contributed by atoms with Gasteiger partial charge in [-0.05, 0) is 61.4 Å². The molecule has 0 saturated heterocycles. The van der Waals surface area contributed by atoms with Crippen molar-refractivity contribution in [3.05, 3.63) is 66.1 Å². The summed E-state index contributed by atoms with van der Waals surface area (Å²) in [4.78, 5) is 6.04. The zero-order valence-corrected chi connectivity index (χ0v) is 16.8. The maximum Gasteiger partial charge on any atom is 0.432 e. The Bertz CT molecular complexity index is 887.